The number of rotatable bonds is 4. The molecule has 0 amide bonds. The molecule has 0 unspecified atom stereocenters. The van der Waals surface area contributed by atoms with Crippen LogP contribution in [0.1, 0.15) is 32.3 Å². The molecule has 1 aromatic carbocycles. The van der Waals surface area contributed by atoms with Gasteiger partial charge >= 0.3 is 0 Å². The van der Waals surface area contributed by atoms with Gasteiger partial charge in [-0.05, 0) is 45.2 Å². The van der Waals surface area contributed by atoms with E-state index in [1.165, 1.54) is 12.8 Å². The smallest absolute Gasteiger partial charge is 0.164 e. The van der Waals surface area contributed by atoms with Crippen molar-refractivity contribution in [3.8, 4) is 11.5 Å². The van der Waals surface area contributed by atoms with E-state index in [1.54, 1.807) is 0 Å². The van der Waals surface area contributed by atoms with Crippen LogP contribution in [0.3, 0.4) is 0 Å². The fourth-order valence-corrected chi connectivity index (χ4v) is 1.48. The first-order chi connectivity index (χ1) is 7.16. The van der Waals surface area contributed by atoms with Crippen molar-refractivity contribution >= 4 is 0 Å². The quantitative estimate of drug-likeness (QED) is 0.752. The Morgan fingerprint density at radius 1 is 1.27 bits per heavy atom. The molecule has 0 aromatic heterocycles. The lowest BCUT2D eigenvalue weighted by atomic mass is 10.2. The van der Waals surface area contributed by atoms with Gasteiger partial charge in [-0.1, -0.05) is 12.1 Å². The maximum absolute atomic E-state index is 5.86. The second kappa shape index (κ2) is 4.13. The first-order valence-electron chi connectivity index (χ1n) is 5.59. The lowest BCUT2D eigenvalue weighted by Crippen LogP contribution is -2.08. The van der Waals surface area contributed by atoms with Crippen LogP contribution >= 0.6 is 0 Å². The van der Waals surface area contributed by atoms with Crippen molar-refractivity contribution in [3.63, 3.8) is 0 Å². The van der Waals surface area contributed by atoms with Crippen LogP contribution in [0.25, 0.3) is 0 Å². The monoisotopic (exact) mass is 206 g/mol. The highest BCUT2D eigenvalue weighted by Gasteiger charge is 2.25. The van der Waals surface area contributed by atoms with Crippen LogP contribution in [0.2, 0.25) is 0 Å². The number of para-hydroxylation sites is 1. The van der Waals surface area contributed by atoms with E-state index in [0.29, 0.717) is 6.10 Å². The molecule has 1 fully saturated rings. The van der Waals surface area contributed by atoms with Gasteiger partial charge in [-0.3, -0.25) is 0 Å². The summed E-state index contributed by atoms with van der Waals surface area (Å²) in [5, 5.41) is 0. The van der Waals surface area contributed by atoms with E-state index in [2.05, 4.69) is 13.0 Å². The van der Waals surface area contributed by atoms with Gasteiger partial charge in [0.2, 0.25) is 0 Å². The summed E-state index contributed by atoms with van der Waals surface area (Å²) in [4.78, 5) is 0. The Labute approximate surface area is 91.2 Å². The Balaban J connectivity index is 2.21. The summed E-state index contributed by atoms with van der Waals surface area (Å²) < 4.78 is 11.6. The van der Waals surface area contributed by atoms with Gasteiger partial charge in [-0.25, -0.2) is 0 Å². The van der Waals surface area contributed by atoms with Gasteiger partial charge < -0.3 is 9.47 Å². The highest BCUT2D eigenvalue weighted by Crippen LogP contribution is 2.36. The summed E-state index contributed by atoms with van der Waals surface area (Å²) in [6, 6.07) is 6.04. The van der Waals surface area contributed by atoms with E-state index in [0.717, 1.165) is 17.1 Å². The number of hydrogen-bond donors (Lipinski definition) is 0. The molecule has 0 spiro atoms. The summed E-state index contributed by atoms with van der Waals surface area (Å²) in [5.41, 5.74) is 1.15. The van der Waals surface area contributed by atoms with Crippen LogP contribution in [0.4, 0.5) is 0 Å². The van der Waals surface area contributed by atoms with Crippen molar-refractivity contribution in [1.82, 2.24) is 0 Å². The topological polar surface area (TPSA) is 18.5 Å². The molecule has 2 heteroatoms. The van der Waals surface area contributed by atoms with Gasteiger partial charge in [-0.15, -0.1) is 0 Å². The Hall–Kier alpha value is -1.18. The predicted molar refractivity (Wildman–Crippen MR) is 60.6 cm³/mol. The van der Waals surface area contributed by atoms with Crippen LogP contribution < -0.4 is 9.47 Å². The van der Waals surface area contributed by atoms with E-state index in [-0.39, 0.29) is 6.10 Å². The van der Waals surface area contributed by atoms with E-state index >= 15 is 0 Å². The third-order valence-corrected chi connectivity index (χ3v) is 2.35. The van der Waals surface area contributed by atoms with Crippen LogP contribution in [0.15, 0.2) is 18.2 Å². The van der Waals surface area contributed by atoms with E-state index < -0.39 is 0 Å². The maximum Gasteiger partial charge on any atom is 0.164 e. The zero-order chi connectivity index (χ0) is 10.8. The molecule has 1 aliphatic rings. The van der Waals surface area contributed by atoms with Gasteiger partial charge in [0, 0.05) is 0 Å². The fourth-order valence-electron chi connectivity index (χ4n) is 1.48. The molecule has 2 rings (SSSR count). The number of aryl methyl sites for hydroxylation is 1. The molecule has 1 aliphatic carbocycles. The second-order valence-electron chi connectivity index (χ2n) is 4.39. The van der Waals surface area contributed by atoms with Crippen molar-refractivity contribution in [2.24, 2.45) is 0 Å². The number of benzene rings is 1. The third kappa shape index (κ3) is 2.65. The van der Waals surface area contributed by atoms with Crippen LogP contribution in [-0.2, 0) is 0 Å². The van der Waals surface area contributed by atoms with Gasteiger partial charge in [0.25, 0.3) is 0 Å². The van der Waals surface area contributed by atoms with Crippen LogP contribution in [0.5, 0.6) is 11.5 Å². The summed E-state index contributed by atoms with van der Waals surface area (Å²) in [5.74, 6) is 1.80. The molecule has 0 radical (unpaired) electrons. The Bertz CT molecular complexity index is 340. The fraction of sp³-hybridized carbons (Fsp3) is 0.538. The molecule has 0 saturated heterocycles. The molecular formula is C13H18O2. The summed E-state index contributed by atoms with van der Waals surface area (Å²) in [6.07, 6.45) is 2.96. The van der Waals surface area contributed by atoms with E-state index in [9.17, 15) is 0 Å². The maximum atomic E-state index is 5.86. The first kappa shape index (κ1) is 10.3. The number of ether oxygens (including phenoxy) is 2. The summed E-state index contributed by atoms with van der Waals surface area (Å²) >= 11 is 0. The first-order valence-corrected chi connectivity index (χ1v) is 5.59. The van der Waals surface area contributed by atoms with Crippen molar-refractivity contribution in [2.75, 3.05) is 0 Å². The van der Waals surface area contributed by atoms with Gasteiger partial charge in [0.1, 0.15) is 0 Å². The second-order valence-corrected chi connectivity index (χ2v) is 4.39. The number of hydrogen-bond acceptors (Lipinski definition) is 2. The van der Waals surface area contributed by atoms with Crippen molar-refractivity contribution in [2.45, 2.75) is 45.8 Å². The highest BCUT2D eigenvalue weighted by molar-refractivity contribution is 5.46. The minimum Gasteiger partial charge on any atom is -0.487 e. The Morgan fingerprint density at radius 2 is 2.00 bits per heavy atom. The van der Waals surface area contributed by atoms with Crippen molar-refractivity contribution in [3.05, 3.63) is 23.8 Å². The summed E-state index contributed by atoms with van der Waals surface area (Å²) in [7, 11) is 0. The molecule has 15 heavy (non-hydrogen) atoms. The normalized spacial score (nSPS) is 15.5. The molecule has 0 aliphatic heterocycles. The molecular weight excluding hydrogens is 188 g/mol. The van der Waals surface area contributed by atoms with Crippen molar-refractivity contribution in [1.29, 1.82) is 0 Å². The molecule has 2 nitrogen and oxygen atoms in total. The largest absolute Gasteiger partial charge is 0.487 e. The van der Waals surface area contributed by atoms with E-state index in [4.69, 9.17) is 9.47 Å². The highest BCUT2D eigenvalue weighted by atomic mass is 16.5. The molecule has 0 bridgehead atoms. The van der Waals surface area contributed by atoms with E-state index in [1.807, 2.05) is 26.0 Å². The van der Waals surface area contributed by atoms with Crippen molar-refractivity contribution < 1.29 is 9.47 Å². The standard InChI is InChI=1S/C13H18O2/c1-9(2)14-12-6-4-5-10(3)13(12)15-11-7-8-11/h4-6,9,11H,7-8H2,1-3H3. The lowest BCUT2D eigenvalue weighted by Gasteiger charge is -2.16. The molecule has 1 aromatic rings. The zero-order valence-corrected chi connectivity index (χ0v) is 9.62. The predicted octanol–water partition coefficient (Wildman–Crippen LogP) is 3.32. The molecule has 0 heterocycles. The molecule has 1 saturated carbocycles. The van der Waals surface area contributed by atoms with Crippen LogP contribution in [-0.4, -0.2) is 12.2 Å². The van der Waals surface area contributed by atoms with Gasteiger partial charge in [0.15, 0.2) is 11.5 Å². The van der Waals surface area contributed by atoms with Gasteiger partial charge in [-0.2, -0.15) is 0 Å². The Kier molecular flexibility index (Phi) is 2.85. The van der Waals surface area contributed by atoms with Crippen LogP contribution in [0, 0.1) is 6.92 Å². The average Bonchev–Trinajstić information content (AvgIpc) is 2.94. The third-order valence-electron chi connectivity index (χ3n) is 2.35. The lowest BCUT2D eigenvalue weighted by molar-refractivity contribution is 0.217. The Morgan fingerprint density at radius 3 is 2.60 bits per heavy atom. The molecule has 0 atom stereocenters. The molecule has 82 valence electrons. The average molecular weight is 206 g/mol. The zero-order valence-electron chi connectivity index (χ0n) is 9.62. The van der Waals surface area contributed by atoms with Gasteiger partial charge in [0.05, 0.1) is 12.2 Å². The minimum atomic E-state index is 0.188. The minimum absolute atomic E-state index is 0.188. The summed E-state index contributed by atoms with van der Waals surface area (Å²) in [6.45, 7) is 6.12. The molecule has 0 N–H and O–H groups in total. The SMILES string of the molecule is Cc1cccc(OC(C)C)c1OC1CC1.